The molecule has 18 heavy (non-hydrogen) atoms. The topological polar surface area (TPSA) is 21.7 Å². The Morgan fingerprint density at radius 2 is 1.44 bits per heavy atom. The zero-order valence-electron chi connectivity index (χ0n) is 11.9. The van der Waals surface area contributed by atoms with Crippen LogP contribution in [0.15, 0.2) is 6.58 Å². The van der Waals surface area contributed by atoms with Crippen molar-refractivity contribution < 1.29 is 9.68 Å². The zero-order valence-corrected chi connectivity index (χ0v) is 11.9. The summed E-state index contributed by atoms with van der Waals surface area (Å²) in [7, 11) is 0. The SMILES string of the molecule is C=C(C)c1c(C)c(C)c(C)c(C)c1N1OCCO1. The van der Waals surface area contributed by atoms with E-state index in [4.69, 9.17) is 9.68 Å². The monoisotopic (exact) mass is 247 g/mol. The van der Waals surface area contributed by atoms with E-state index in [1.165, 1.54) is 22.3 Å². The summed E-state index contributed by atoms with van der Waals surface area (Å²) in [4.78, 5) is 11.1. The van der Waals surface area contributed by atoms with Crippen molar-refractivity contribution in [3.05, 3.63) is 34.4 Å². The normalized spacial score (nSPS) is 15.3. The Morgan fingerprint density at radius 3 is 1.94 bits per heavy atom. The third-order valence-electron chi connectivity index (χ3n) is 3.76. The minimum atomic E-state index is 0.598. The summed E-state index contributed by atoms with van der Waals surface area (Å²) >= 11 is 0. The van der Waals surface area contributed by atoms with Crippen molar-refractivity contribution in [2.75, 3.05) is 18.4 Å². The summed E-state index contributed by atoms with van der Waals surface area (Å²) in [6.07, 6.45) is 0. The van der Waals surface area contributed by atoms with Crippen molar-refractivity contribution >= 4 is 11.3 Å². The molecule has 98 valence electrons. The molecule has 0 atom stereocenters. The summed E-state index contributed by atoms with van der Waals surface area (Å²) in [6, 6.07) is 0. The molecular formula is C15H21NO2. The average Bonchev–Trinajstić information content (AvgIpc) is 2.83. The van der Waals surface area contributed by atoms with Crippen LogP contribution in [0.3, 0.4) is 0 Å². The fourth-order valence-electron chi connectivity index (χ4n) is 2.45. The van der Waals surface area contributed by atoms with E-state index in [0.29, 0.717) is 13.2 Å². The second-order valence-corrected chi connectivity index (χ2v) is 4.93. The van der Waals surface area contributed by atoms with Crippen LogP contribution in [0.5, 0.6) is 0 Å². The minimum Gasteiger partial charge on any atom is -0.246 e. The lowest BCUT2D eigenvalue weighted by molar-refractivity contribution is 0.0233. The summed E-state index contributed by atoms with van der Waals surface area (Å²) in [5, 5.41) is 1.55. The van der Waals surface area contributed by atoms with E-state index >= 15 is 0 Å². The molecule has 0 N–H and O–H groups in total. The number of hydrogen-bond donors (Lipinski definition) is 0. The van der Waals surface area contributed by atoms with Crippen LogP contribution in [-0.4, -0.2) is 13.2 Å². The molecule has 0 bridgehead atoms. The zero-order chi connectivity index (χ0) is 13.4. The quantitative estimate of drug-likeness (QED) is 0.796. The Balaban J connectivity index is 2.72. The van der Waals surface area contributed by atoms with Gasteiger partial charge in [0.15, 0.2) is 0 Å². The van der Waals surface area contributed by atoms with Crippen LogP contribution in [0.1, 0.15) is 34.7 Å². The third-order valence-corrected chi connectivity index (χ3v) is 3.76. The minimum absolute atomic E-state index is 0.598. The Labute approximate surface area is 109 Å². The maximum atomic E-state index is 5.53. The second-order valence-electron chi connectivity index (χ2n) is 4.93. The molecule has 3 heteroatoms. The summed E-state index contributed by atoms with van der Waals surface area (Å²) < 4.78 is 0. The van der Waals surface area contributed by atoms with Crippen molar-refractivity contribution in [3.8, 4) is 0 Å². The van der Waals surface area contributed by atoms with Gasteiger partial charge in [-0.25, -0.2) is 9.68 Å². The van der Waals surface area contributed by atoms with Crippen LogP contribution in [-0.2, 0) is 9.68 Å². The predicted octanol–water partition coefficient (Wildman–Crippen LogP) is 3.64. The molecule has 1 aromatic rings. The highest BCUT2D eigenvalue weighted by Crippen LogP contribution is 2.38. The Bertz CT molecular complexity index is 500. The van der Waals surface area contributed by atoms with Gasteiger partial charge in [0.05, 0.1) is 0 Å². The molecule has 0 unspecified atom stereocenters. The molecule has 1 aliphatic rings. The largest absolute Gasteiger partial charge is 0.246 e. The van der Waals surface area contributed by atoms with Gasteiger partial charge in [-0.2, -0.15) is 0 Å². The lowest BCUT2D eigenvalue weighted by Crippen LogP contribution is -2.19. The molecule has 1 fully saturated rings. The predicted molar refractivity (Wildman–Crippen MR) is 74.5 cm³/mol. The number of rotatable bonds is 2. The molecule has 0 spiro atoms. The van der Waals surface area contributed by atoms with Crippen LogP contribution >= 0.6 is 0 Å². The maximum absolute atomic E-state index is 5.53. The van der Waals surface area contributed by atoms with Crippen LogP contribution in [0.2, 0.25) is 0 Å². The fraction of sp³-hybridized carbons (Fsp3) is 0.467. The first-order valence-electron chi connectivity index (χ1n) is 6.27. The summed E-state index contributed by atoms with van der Waals surface area (Å²) in [5.74, 6) is 0. The molecule has 0 amide bonds. The molecule has 1 heterocycles. The van der Waals surface area contributed by atoms with Crippen LogP contribution in [0, 0.1) is 27.7 Å². The van der Waals surface area contributed by atoms with E-state index in [1.807, 2.05) is 6.92 Å². The fourth-order valence-corrected chi connectivity index (χ4v) is 2.45. The maximum Gasteiger partial charge on any atom is 0.106 e. The van der Waals surface area contributed by atoms with Gasteiger partial charge >= 0.3 is 0 Å². The molecular weight excluding hydrogens is 226 g/mol. The second kappa shape index (κ2) is 4.75. The van der Waals surface area contributed by atoms with Gasteiger partial charge in [0.1, 0.15) is 18.9 Å². The van der Waals surface area contributed by atoms with E-state index in [0.717, 1.165) is 16.8 Å². The molecule has 0 aromatic heterocycles. The Hall–Kier alpha value is -1.32. The van der Waals surface area contributed by atoms with E-state index in [2.05, 4.69) is 34.3 Å². The number of nitrogens with zero attached hydrogens (tertiary/aromatic N) is 1. The molecule has 0 radical (unpaired) electrons. The van der Waals surface area contributed by atoms with Gasteiger partial charge in [0, 0.05) is 5.56 Å². The first-order valence-corrected chi connectivity index (χ1v) is 6.27. The van der Waals surface area contributed by atoms with E-state index in [1.54, 1.807) is 5.23 Å². The van der Waals surface area contributed by atoms with E-state index in [9.17, 15) is 0 Å². The first kappa shape index (κ1) is 13.1. The summed E-state index contributed by atoms with van der Waals surface area (Å²) in [6.45, 7) is 15.8. The molecule has 1 saturated heterocycles. The first-order chi connectivity index (χ1) is 8.45. The van der Waals surface area contributed by atoms with Gasteiger partial charge in [-0.15, -0.1) is 5.23 Å². The summed E-state index contributed by atoms with van der Waals surface area (Å²) in [5.41, 5.74) is 8.21. The smallest absolute Gasteiger partial charge is 0.106 e. The van der Waals surface area contributed by atoms with Crippen molar-refractivity contribution in [3.63, 3.8) is 0 Å². The van der Waals surface area contributed by atoms with Crippen molar-refractivity contribution in [2.45, 2.75) is 34.6 Å². The lowest BCUT2D eigenvalue weighted by Gasteiger charge is -2.25. The lowest BCUT2D eigenvalue weighted by atomic mass is 9.89. The highest BCUT2D eigenvalue weighted by Gasteiger charge is 2.24. The van der Waals surface area contributed by atoms with Crippen molar-refractivity contribution in [1.82, 2.24) is 0 Å². The molecule has 3 nitrogen and oxygen atoms in total. The number of anilines is 1. The van der Waals surface area contributed by atoms with Crippen LogP contribution < -0.4 is 5.23 Å². The van der Waals surface area contributed by atoms with Crippen LogP contribution in [0.4, 0.5) is 5.69 Å². The number of benzene rings is 1. The van der Waals surface area contributed by atoms with E-state index in [-0.39, 0.29) is 0 Å². The molecule has 0 aliphatic carbocycles. The average molecular weight is 247 g/mol. The third kappa shape index (κ3) is 1.93. The molecule has 0 saturated carbocycles. The molecule has 2 rings (SSSR count). The van der Waals surface area contributed by atoms with Gasteiger partial charge in [0.25, 0.3) is 0 Å². The van der Waals surface area contributed by atoms with Gasteiger partial charge in [0.2, 0.25) is 0 Å². The molecule has 1 aliphatic heterocycles. The number of allylic oxidation sites excluding steroid dienone is 1. The molecule has 1 aromatic carbocycles. The standard InChI is InChI=1S/C15H21NO2/c1-9(2)14-12(5)10(3)11(4)13(6)15(14)16-17-7-8-18-16/h1,7-8H2,2-6H3. The van der Waals surface area contributed by atoms with Crippen molar-refractivity contribution in [2.24, 2.45) is 0 Å². The van der Waals surface area contributed by atoms with Gasteiger partial charge in [-0.1, -0.05) is 6.58 Å². The van der Waals surface area contributed by atoms with Crippen molar-refractivity contribution in [1.29, 1.82) is 0 Å². The van der Waals surface area contributed by atoms with Gasteiger partial charge < -0.3 is 0 Å². The Kier molecular flexibility index (Phi) is 3.46. The van der Waals surface area contributed by atoms with Gasteiger partial charge in [-0.05, 0) is 62.4 Å². The van der Waals surface area contributed by atoms with E-state index < -0.39 is 0 Å². The van der Waals surface area contributed by atoms with Crippen LogP contribution in [0.25, 0.3) is 5.57 Å². The van der Waals surface area contributed by atoms with Gasteiger partial charge in [-0.3, -0.25) is 0 Å². The highest BCUT2D eigenvalue weighted by molar-refractivity contribution is 5.80. The highest BCUT2D eigenvalue weighted by atomic mass is 17.0. The Morgan fingerprint density at radius 1 is 0.944 bits per heavy atom. The number of hydrogen-bond acceptors (Lipinski definition) is 3.